The average molecular weight is 277 g/mol. The van der Waals surface area contributed by atoms with Crippen LogP contribution >= 0.6 is 11.6 Å². The molecular weight excluding hydrogens is 260 g/mol. The summed E-state index contributed by atoms with van der Waals surface area (Å²) in [5, 5.41) is 3.65. The van der Waals surface area contributed by atoms with Crippen molar-refractivity contribution >= 4 is 17.5 Å². The van der Waals surface area contributed by atoms with Gasteiger partial charge in [0.1, 0.15) is 5.69 Å². The van der Waals surface area contributed by atoms with Crippen LogP contribution in [0.4, 0.5) is 0 Å². The maximum Gasteiger partial charge on any atom is 0.267 e. The summed E-state index contributed by atoms with van der Waals surface area (Å²) in [5.41, 5.74) is 1.57. The van der Waals surface area contributed by atoms with Crippen molar-refractivity contribution in [3.63, 3.8) is 0 Å². The van der Waals surface area contributed by atoms with Crippen molar-refractivity contribution in [2.45, 2.75) is 19.3 Å². The smallest absolute Gasteiger partial charge is 0.267 e. The predicted octanol–water partition coefficient (Wildman–Crippen LogP) is 3.38. The zero-order chi connectivity index (χ0) is 13.9. The van der Waals surface area contributed by atoms with Crippen molar-refractivity contribution in [1.29, 1.82) is 0 Å². The maximum atomic E-state index is 11.9. The van der Waals surface area contributed by atoms with E-state index in [1.807, 2.05) is 24.3 Å². The summed E-state index contributed by atoms with van der Waals surface area (Å²) < 4.78 is 0. The Morgan fingerprint density at radius 3 is 2.53 bits per heavy atom. The topological polar surface area (TPSA) is 44.9 Å². The lowest BCUT2D eigenvalue weighted by Gasteiger charge is -2.25. The largest absolute Gasteiger partial charge is 0.357 e. The Morgan fingerprint density at radius 1 is 1.26 bits per heavy atom. The molecular formula is C15H17ClN2O. The summed E-state index contributed by atoms with van der Waals surface area (Å²) in [6.07, 6.45) is 1.74. The van der Waals surface area contributed by atoms with Crippen molar-refractivity contribution < 1.29 is 4.79 Å². The second-order valence-electron chi connectivity index (χ2n) is 5.16. The van der Waals surface area contributed by atoms with Crippen LogP contribution in [0.5, 0.6) is 0 Å². The molecule has 2 rings (SSSR count). The number of hydrogen-bond donors (Lipinski definition) is 2. The van der Waals surface area contributed by atoms with Gasteiger partial charge in [0.15, 0.2) is 0 Å². The standard InChI is InChI=1S/C15H17ClN2O/c1-15(2,11-5-7-12(16)8-6-11)10-18-14(19)13-4-3-9-17-13/h3-9,17H,10H2,1-2H3,(H,18,19). The van der Waals surface area contributed by atoms with Crippen LogP contribution in [0.2, 0.25) is 5.02 Å². The monoisotopic (exact) mass is 276 g/mol. The van der Waals surface area contributed by atoms with Crippen LogP contribution in [-0.2, 0) is 5.41 Å². The first-order chi connectivity index (χ1) is 8.99. The molecule has 0 radical (unpaired) electrons. The van der Waals surface area contributed by atoms with Crippen LogP contribution in [0.25, 0.3) is 0 Å². The molecule has 1 heterocycles. The van der Waals surface area contributed by atoms with Crippen LogP contribution in [0.15, 0.2) is 42.6 Å². The zero-order valence-electron chi connectivity index (χ0n) is 11.0. The zero-order valence-corrected chi connectivity index (χ0v) is 11.8. The van der Waals surface area contributed by atoms with Gasteiger partial charge in [0.05, 0.1) is 0 Å². The van der Waals surface area contributed by atoms with Crippen LogP contribution in [0, 0.1) is 0 Å². The van der Waals surface area contributed by atoms with Gasteiger partial charge < -0.3 is 10.3 Å². The van der Waals surface area contributed by atoms with Gasteiger partial charge in [0.2, 0.25) is 0 Å². The molecule has 1 aromatic heterocycles. The second-order valence-corrected chi connectivity index (χ2v) is 5.59. The van der Waals surface area contributed by atoms with Crippen LogP contribution in [-0.4, -0.2) is 17.4 Å². The van der Waals surface area contributed by atoms with E-state index in [9.17, 15) is 4.79 Å². The van der Waals surface area contributed by atoms with E-state index in [4.69, 9.17) is 11.6 Å². The lowest BCUT2D eigenvalue weighted by Crippen LogP contribution is -2.36. The molecule has 4 heteroatoms. The number of nitrogens with one attached hydrogen (secondary N) is 2. The molecule has 2 N–H and O–H groups in total. The first-order valence-corrected chi connectivity index (χ1v) is 6.54. The third-order valence-corrected chi connectivity index (χ3v) is 3.41. The van der Waals surface area contributed by atoms with Crippen LogP contribution in [0.3, 0.4) is 0 Å². The fraction of sp³-hybridized carbons (Fsp3) is 0.267. The fourth-order valence-corrected chi connectivity index (χ4v) is 2.00. The number of hydrogen-bond acceptors (Lipinski definition) is 1. The normalized spacial score (nSPS) is 11.3. The number of carbonyl (C=O) groups is 1. The molecule has 3 nitrogen and oxygen atoms in total. The summed E-state index contributed by atoms with van der Waals surface area (Å²) in [6, 6.07) is 11.3. The molecule has 0 aliphatic heterocycles. The van der Waals surface area contributed by atoms with E-state index in [0.717, 1.165) is 10.6 Å². The molecule has 2 aromatic rings. The van der Waals surface area contributed by atoms with E-state index >= 15 is 0 Å². The summed E-state index contributed by atoms with van der Waals surface area (Å²) in [6.45, 7) is 4.74. The number of carbonyl (C=O) groups excluding carboxylic acids is 1. The number of halogens is 1. The van der Waals surface area contributed by atoms with E-state index in [1.165, 1.54) is 0 Å². The highest BCUT2D eigenvalue weighted by Gasteiger charge is 2.21. The van der Waals surface area contributed by atoms with E-state index in [1.54, 1.807) is 18.3 Å². The van der Waals surface area contributed by atoms with Gasteiger partial charge in [0, 0.05) is 23.2 Å². The highest BCUT2D eigenvalue weighted by Crippen LogP contribution is 2.23. The minimum Gasteiger partial charge on any atom is -0.357 e. The molecule has 0 aliphatic rings. The SMILES string of the molecule is CC(C)(CNC(=O)c1ccc[nH]1)c1ccc(Cl)cc1. The van der Waals surface area contributed by atoms with Gasteiger partial charge in [-0.25, -0.2) is 0 Å². The molecule has 0 spiro atoms. The molecule has 0 bridgehead atoms. The number of rotatable bonds is 4. The van der Waals surface area contributed by atoms with Crippen molar-refractivity contribution in [1.82, 2.24) is 10.3 Å². The van der Waals surface area contributed by atoms with Crippen LogP contribution in [0.1, 0.15) is 29.9 Å². The van der Waals surface area contributed by atoms with Gasteiger partial charge in [-0.3, -0.25) is 4.79 Å². The third-order valence-electron chi connectivity index (χ3n) is 3.16. The van der Waals surface area contributed by atoms with Crippen molar-refractivity contribution in [3.05, 3.63) is 58.9 Å². The highest BCUT2D eigenvalue weighted by molar-refractivity contribution is 6.30. The third kappa shape index (κ3) is 3.38. The molecule has 0 atom stereocenters. The van der Waals surface area contributed by atoms with Gasteiger partial charge in [-0.2, -0.15) is 0 Å². The van der Waals surface area contributed by atoms with E-state index in [2.05, 4.69) is 24.1 Å². The minimum absolute atomic E-state index is 0.0907. The van der Waals surface area contributed by atoms with Gasteiger partial charge in [0.25, 0.3) is 5.91 Å². The molecule has 1 aromatic carbocycles. The van der Waals surface area contributed by atoms with Gasteiger partial charge in [-0.1, -0.05) is 37.6 Å². The second kappa shape index (κ2) is 5.49. The molecule has 0 saturated carbocycles. The van der Waals surface area contributed by atoms with Gasteiger partial charge >= 0.3 is 0 Å². The summed E-state index contributed by atoms with van der Waals surface area (Å²) in [5.74, 6) is -0.0907. The highest BCUT2D eigenvalue weighted by atomic mass is 35.5. The van der Waals surface area contributed by atoms with Crippen molar-refractivity contribution in [2.75, 3.05) is 6.54 Å². The molecule has 0 aliphatic carbocycles. The molecule has 0 saturated heterocycles. The average Bonchev–Trinajstić information content (AvgIpc) is 2.90. The number of benzene rings is 1. The first-order valence-electron chi connectivity index (χ1n) is 6.17. The molecule has 1 amide bonds. The summed E-state index contributed by atoms with van der Waals surface area (Å²) in [4.78, 5) is 14.8. The Hall–Kier alpha value is -1.74. The van der Waals surface area contributed by atoms with Crippen molar-refractivity contribution in [2.24, 2.45) is 0 Å². The molecule has 0 unspecified atom stereocenters. The van der Waals surface area contributed by atoms with E-state index in [0.29, 0.717) is 12.2 Å². The predicted molar refractivity (Wildman–Crippen MR) is 77.6 cm³/mol. The lowest BCUT2D eigenvalue weighted by atomic mass is 9.84. The molecule has 100 valence electrons. The molecule has 0 fully saturated rings. The Bertz CT molecular complexity index is 544. The van der Waals surface area contributed by atoms with E-state index < -0.39 is 0 Å². The lowest BCUT2D eigenvalue weighted by molar-refractivity contribution is 0.0941. The summed E-state index contributed by atoms with van der Waals surface area (Å²) >= 11 is 5.88. The first kappa shape index (κ1) is 13.7. The number of amides is 1. The van der Waals surface area contributed by atoms with E-state index in [-0.39, 0.29) is 11.3 Å². The Balaban J connectivity index is 2.01. The van der Waals surface area contributed by atoms with Gasteiger partial charge in [-0.05, 0) is 29.8 Å². The van der Waals surface area contributed by atoms with Gasteiger partial charge in [-0.15, -0.1) is 0 Å². The number of aromatic amines is 1. The molecule has 19 heavy (non-hydrogen) atoms. The summed E-state index contributed by atoms with van der Waals surface area (Å²) in [7, 11) is 0. The fourth-order valence-electron chi connectivity index (χ4n) is 1.87. The Kier molecular flexibility index (Phi) is 3.96. The Morgan fingerprint density at radius 2 is 1.95 bits per heavy atom. The van der Waals surface area contributed by atoms with Crippen molar-refractivity contribution in [3.8, 4) is 0 Å². The Labute approximate surface area is 118 Å². The maximum absolute atomic E-state index is 11.9. The quantitative estimate of drug-likeness (QED) is 0.883. The number of H-pyrrole nitrogens is 1. The number of aromatic nitrogens is 1. The minimum atomic E-state index is -0.146. The van der Waals surface area contributed by atoms with Crippen LogP contribution < -0.4 is 5.32 Å².